The van der Waals surface area contributed by atoms with Crippen molar-refractivity contribution in [2.75, 3.05) is 14.2 Å². The van der Waals surface area contributed by atoms with E-state index in [9.17, 15) is 0 Å². The van der Waals surface area contributed by atoms with Crippen LogP contribution in [-0.4, -0.2) is 29.6 Å². The molecule has 1 aliphatic rings. The van der Waals surface area contributed by atoms with Gasteiger partial charge in [0, 0.05) is 13.7 Å². The molecule has 18 heavy (non-hydrogen) atoms. The summed E-state index contributed by atoms with van der Waals surface area (Å²) < 4.78 is 13.0. The van der Waals surface area contributed by atoms with Crippen LogP contribution in [0.25, 0.3) is 0 Å². The van der Waals surface area contributed by atoms with Gasteiger partial charge in [-0.25, -0.2) is 0 Å². The van der Waals surface area contributed by atoms with Crippen LogP contribution in [0, 0.1) is 0 Å². The van der Waals surface area contributed by atoms with Gasteiger partial charge in [0.15, 0.2) is 5.75 Å². The van der Waals surface area contributed by atoms with Crippen LogP contribution in [0.15, 0.2) is 6.20 Å². The molecule has 0 radical (unpaired) electrons. The highest BCUT2D eigenvalue weighted by Gasteiger charge is 2.43. The van der Waals surface area contributed by atoms with Crippen LogP contribution < -0.4 is 10.5 Å². The summed E-state index contributed by atoms with van der Waals surface area (Å²) >= 11 is 0. The smallest absolute Gasteiger partial charge is 0.161 e. The first-order chi connectivity index (χ1) is 8.68. The van der Waals surface area contributed by atoms with E-state index in [1.807, 2.05) is 4.68 Å². The largest absolute Gasteiger partial charge is 0.493 e. The van der Waals surface area contributed by atoms with Gasteiger partial charge in [0.2, 0.25) is 0 Å². The van der Waals surface area contributed by atoms with Gasteiger partial charge in [0.1, 0.15) is 0 Å². The summed E-state index contributed by atoms with van der Waals surface area (Å²) in [5, 5.41) is 4.32. The van der Waals surface area contributed by atoms with Crippen molar-refractivity contribution in [1.82, 2.24) is 9.78 Å². The zero-order chi connectivity index (χ0) is 13.2. The van der Waals surface area contributed by atoms with E-state index in [2.05, 4.69) is 12.0 Å². The fourth-order valence-corrected chi connectivity index (χ4v) is 2.97. The van der Waals surface area contributed by atoms with Gasteiger partial charge in [0.25, 0.3) is 0 Å². The maximum atomic E-state index is 6.48. The number of hydrogen-bond acceptors (Lipinski definition) is 4. The van der Waals surface area contributed by atoms with Gasteiger partial charge in [-0.15, -0.1) is 0 Å². The van der Waals surface area contributed by atoms with Crippen LogP contribution in [-0.2, 0) is 11.3 Å². The van der Waals surface area contributed by atoms with Crippen molar-refractivity contribution in [3.05, 3.63) is 11.9 Å². The third-order valence-corrected chi connectivity index (χ3v) is 4.08. The summed E-state index contributed by atoms with van der Waals surface area (Å²) in [6.07, 6.45) is 6.08. The highest BCUT2D eigenvalue weighted by atomic mass is 16.5. The van der Waals surface area contributed by atoms with Crippen molar-refractivity contribution < 1.29 is 9.47 Å². The molecule has 0 amide bonds. The first-order valence-electron chi connectivity index (χ1n) is 6.59. The Morgan fingerprint density at radius 2 is 2.11 bits per heavy atom. The third-order valence-electron chi connectivity index (χ3n) is 4.08. The molecule has 1 unspecified atom stereocenters. The van der Waals surface area contributed by atoms with Crippen molar-refractivity contribution in [2.45, 2.75) is 50.8 Å². The van der Waals surface area contributed by atoms with E-state index in [1.165, 1.54) is 12.8 Å². The zero-order valence-electron chi connectivity index (χ0n) is 11.5. The lowest BCUT2D eigenvalue weighted by atomic mass is 9.90. The molecule has 0 aliphatic heterocycles. The van der Waals surface area contributed by atoms with E-state index in [-0.39, 0.29) is 11.6 Å². The standard InChI is InChI=1S/C13H23N3O2/c1-4-16-11(10(17-2)9-15-16)12(14)13(18-3)7-5-6-8-13/h9,12H,4-8,14H2,1-3H3. The van der Waals surface area contributed by atoms with E-state index in [1.54, 1.807) is 20.4 Å². The Morgan fingerprint density at radius 1 is 1.44 bits per heavy atom. The quantitative estimate of drug-likeness (QED) is 0.870. The average Bonchev–Trinajstić information content (AvgIpc) is 3.04. The lowest BCUT2D eigenvalue weighted by Crippen LogP contribution is -2.41. The van der Waals surface area contributed by atoms with Gasteiger partial charge in [-0.3, -0.25) is 4.68 Å². The van der Waals surface area contributed by atoms with Crippen molar-refractivity contribution in [3.63, 3.8) is 0 Å². The average molecular weight is 253 g/mol. The van der Waals surface area contributed by atoms with Crippen LogP contribution in [0.3, 0.4) is 0 Å². The molecule has 0 spiro atoms. The molecule has 1 aliphatic carbocycles. The molecular weight excluding hydrogens is 230 g/mol. The van der Waals surface area contributed by atoms with E-state index in [0.717, 1.165) is 30.8 Å². The number of methoxy groups -OCH3 is 2. The number of aromatic nitrogens is 2. The summed E-state index contributed by atoms with van der Waals surface area (Å²) in [5.41, 5.74) is 7.16. The third kappa shape index (κ3) is 2.01. The first kappa shape index (κ1) is 13.4. The predicted octanol–water partition coefficient (Wildman–Crippen LogP) is 1.87. The second kappa shape index (κ2) is 5.28. The Hall–Kier alpha value is -1.07. The minimum absolute atomic E-state index is 0.192. The minimum atomic E-state index is -0.264. The molecule has 102 valence electrons. The Kier molecular flexibility index (Phi) is 3.92. The molecule has 1 atom stereocenters. The Bertz CT molecular complexity index is 375. The van der Waals surface area contributed by atoms with E-state index in [0.29, 0.717) is 0 Å². The van der Waals surface area contributed by atoms with Crippen molar-refractivity contribution in [2.24, 2.45) is 5.73 Å². The normalized spacial score (nSPS) is 20.0. The molecule has 2 rings (SSSR count). The Balaban J connectivity index is 2.37. The minimum Gasteiger partial charge on any atom is -0.493 e. The molecule has 1 saturated carbocycles. The van der Waals surface area contributed by atoms with Gasteiger partial charge in [0.05, 0.1) is 30.6 Å². The lowest BCUT2D eigenvalue weighted by molar-refractivity contribution is -0.0289. The van der Waals surface area contributed by atoms with Crippen LogP contribution in [0.1, 0.15) is 44.3 Å². The fourth-order valence-electron chi connectivity index (χ4n) is 2.97. The maximum absolute atomic E-state index is 6.48. The van der Waals surface area contributed by atoms with Crippen LogP contribution in [0.2, 0.25) is 0 Å². The van der Waals surface area contributed by atoms with Crippen molar-refractivity contribution >= 4 is 0 Å². The highest BCUT2D eigenvalue weighted by molar-refractivity contribution is 5.30. The van der Waals surface area contributed by atoms with Gasteiger partial charge in [-0.05, 0) is 19.8 Å². The number of ether oxygens (including phenoxy) is 2. The first-order valence-corrected chi connectivity index (χ1v) is 6.59. The van der Waals surface area contributed by atoms with Crippen LogP contribution >= 0.6 is 0 Å². The number of nitrogens with zero attached hydrogens (tertiary/aromatic N) is 2. The number of nitrogens with two attached hydrogens (primary N) is 1. The van der Waals surface area contributed by atoms with E-state index in [4.69, 9.17) is 15.2 Å². The van der Waals surface area contributed by atoms with Crippen molar-refractivity contribution in [1.29, 1.82) is 0 Å². The highest BCUT2D eigenvalue weighted by Crippen LogP contribution is 2.43. The van der Waals surface area contributed by atoms with Gasteiger partial charge < -0.3 is 15.2 Å². The molecule has 2 N–H and O–H groups in total. The maximum Gasteiger partial charge on any atom is 0.161 e. The monoisotopic (exact) mass is 253 g/mol. The van der Waals surface area contributed by atoms with Gasteiger partial charge in [-0.1, -0.05) is 12.8 Å². The van der Waals surface area contributed by atoms with Crippen LogP contribution in [0.4, 0.5) is 0 Å². The Morgan fingerprint density at radius 3 is 2.61 bits per heavy atom. The summed E-state index contributed by atoms with van der Waals surface area (Å²) in [4.78, 5) is 0. The molecule has 5 nitrogen and oxygen atoms in total. The summed E-state index contributed by atoms with van der Waals surface area (Å²) in [6, 6.07) is -0.192. The predicted molar refractivity (Wildman–Crippen MR) is 69.6 cm³/mol. The number of rotatable bonds is 5. The van der Waals surface area contributed by atoms with Gasteiger partial charge in [-0.2, -0.15) is 5.10 Å². The SMILES string of the molecule is CCn1ncc(OC)c1C(N)C1(OC)CCCC1. The zero-order valence-corrected chi connectivity index (χ0v) is 11.5. The topological polar surface area (TPSA) is 62.3 Å². The molecule has 0 bridgehead atoms. The molecule has 1 fully saturated rings. The molecule has 5 heteroatoms. The lowest BCUT2D eigenvalue weighted by Gasteiger charge is -2.34. The summed E-state index contributed by atoms with van der Waals surface area (Å²) in [7, 11) is 3.41. The summed E-state index contributed by atoms with van der Waals surface area (Å²) in [6.45, 7) is 2.84. The molecule has 0 aromatic carbocycles. The number of aryl methyl sites for hydroxylation is 1. The fraction of sp³-hybridized carbons (Fsp3) is 0.769. The van der Waals surface area contributed by atoms with Gasteiger partial charge >= 0.3 is 0 Å². The summed E-state index contributed by atoms with van der Waals surface area (Å²) in [5.74, 6) is 0.757. The molecule has 0 saturated heterocycles. The molecular formula is C13H23N3O2. The second-order valence-electron chi connectivity index (χ2n) is 4.87. The number of hydrogen-bond donors (Lipinski definition) is 1. The van der Waals surface area contributed by atoms with E-state index >= 15 is 0 Å². The Labute approximate surface area is 108 Å². The molecule has 1 aromatic rings. The molecule has 1 heterocycles. The second-order valence-corrected chi connectivity index (χ2v) is 4.87. The van der Waals surface area contributed by atoms with Crippen LogP contribution in [0.5, 0.6) is 5.75 Å². The molecule has 1 aromatic heterocycles. The van der Waals surface area contributed by atoms with Crippen molar-refractivity contribution in [3.8, 4) is 5.75 Å². The van der Waals surface area contributed by atoms with E-state index < -0.39 is 0 Å².